The first kappa shape index (κ1) is 30.4. The van der Waals surface area contributed by atoms with Gasteiger partial charge in [-0.15, -0.1) is 0 Å². The van der Waals surface area contributed by atoms with Crippen LogP contribution in [0.4, 0.5) is 0 Å². The second kappa shape index (κ2) is 13.5. The minimum Gasteiger partial charge on any atom is -0.456 e. The second-order valence-corrected chi connectivity index (χ2v) is 12.6. The van der Waals surface area contributed by atoms with Crippen LogP contribution in [0.25, 0.3) is 55.0 Å². The van der Waals surface area contributed by atoms with Crippen molar-refractivity contribution in [1.29, 1.82) is 0 Å². The van der Waals surface area contributed by atoms with Gasteiger partial charge in [0.25, 0.3) is 0 Å². The van der Waals surface area contributed by atoms with Crippen molar-refractivity contribution < 1.29 is 18.9 Å². The largest absolute Gasteiger partial charge is 0.488 e. The Morgan fingerprint density at radius 2 is 1.00 bits per heavy atom. The third-order valence-electron chi connectivity index (χ3n) is 7.05. The summed E-state index contributed by atoms with van der Waals surface area (Å²) in [5.41, 5.74) is 6.62. The van der Waals surface area contributed by atoms with Crippen molar-refractivity contribution in [3.63, 3.8) is 0 Å². The lowest BCUT2D eigenvalue weighted by atomic mass is 9.81. The number of furan rings is 2. The van der Waals surface area contributed by atoms with Crippen LogP contribution in [0.15, 0.2) is 156 Å². The van der Waals surface area contributed by atoms with E-state index in [0.29, 0.717) is 5.46 Å². The molecule has 8 rings (SSSR count). The van der Waals surface area contributed by atoms with Crippen LogP contribution in [-0.4, -0.2) is 17.2 Å². The van der Waals surface area contributed by atoms with Gasteiger partial charge in [-0.1, -0.05) is 127 Å². The van der Waals surface area contributed by atoms with Crippen molar-refractivity contribution in [2.24, 2.45) is 0 Å². The number of halogens is 3. The topological polar surface area (TPSA) is 66.7 Å². The Balaban J connectivity index is 0.000000126. The van der Waals surface area contributed by atoms with Gasteiger partial charge in [0.05, 0.1) is 0 Å². The Hall–Kier alpha value is -3.66. The molecule has 4 nitrogen and oxygen atoms in total. The molecule has 0 spiro atoms. The number of hydrogen-bond acceptors (Lipinski definition) is 4. The van der Waals surface area contributed by atoms with E-state index in [1.807, 2.05) is 60.7 Å². The minimum absolute atomic E-state index is 0.525. The molecule has 0 saturated heterocycles. The molecule has 0 radical (unpaired) electrons. The third kappa shape index (κ3) is 6.55. The van der Waals surface area contributed by atoms with E-state index in [0.717, 1.165) is 51.9 Å². The Morgan fingerprint density at radius 1 is 0.477 bits per heavy atom. The molecule has 216 valence electrons. The zero-order chi connectivity index (χ0) is 30.6. The van der Waals surface area contributed by atoms with E-state index < -0.39 is 7.12 Å². The monoisotopic (exact) mass is 768 g/mol. The van der Waals surface area contributed by atoms with Crippen LogP contribution >= 0.6 is 47.8 Å². The fourth-order valence-corrected chi connectivity index (χ4v) is 6.28. The van der Waals surface area contributed by atoms with E-state index in [1.54, 1.807) is 24.3 Å². The molecule has 0 bridgehead atoms. The van der Waals surface area contributed by atoms with Crippen LogP contribution in [0.2, 0.25) is 0 Å². The predicted molar refractivity (Wildman–Crippen MR) is 192 cm³/mol. The van der Waals surface area contributed by atoms with Crippen LogP contribution in [0.5, 0.6) is 0 Å². The van der Waals surface area contributed by atoms with Crippen molar-refractivity contribution in [2.75, 3.05) is 0 Å². The molecule has 2 N–H and O–H groups in total. The van der Waals surface area contributed by atoms with Gasteiger partial charge in [0, 0.05) is 35.0 Å². The summed E-state index contributed by atoms with van der Waals surface area (Å²) < 4.78 is 14.9. The molecule has 8 aromatic rings. The van der Waals surface area contributed by atoms with E-state index in [1.165, 1.54) is 16.5 Å². The average molecular weight is 771 g/mol. The van der Waals surface area contributed by atoms with E-state index in [2.05, 4.69) is 96.3 Å². The summed E-state index contributed by atoms with van der Waals surface area (Å²) in [7, 11) is -1.34. The molecule has 0 fully saturated rings. The predicted octanol–water partition coefficient (Wildman–Crippen LogP) is 10.5. The van der Waals surface area contributed by atoms with Crippen molar-refractivity contribution in [1.82, 2.24) is 0 Å². The summed E-state index contributed by atoms with van der Waals surface area (Å²) in [4.78, 5) is 0. The standard InChI is InChI=1S/C18H11BrO.C12H6Br2O.C6H7BO2/c19-13-9-10-15-17(11-13)20-16-8-4-7-14(18(15)16)12-5-2-1-3-6-12;13-7-4-5-8-11(6-7)15-10-3-1-2-9(14)12(8)10;8-7(9)6-4-2-1-3-5-6/h1-11H;1-6H;1-5,8-9H. The first-order chi connectivity index (χ1) is 21.4. The lowest BCUT2D eigenvalue weighted by molar-refractivity contribution is 0.426. The molecule has 0 unspecified atom stereocenters. The maximum absolute atomic E-state index is 8.58. The van der Waals surface area contributed by atoms with Gasteiger partial charge < -0.3 is 18.9 Å². The molecular formula is C36H24BBr3O4. The van der Waals surface area contributed by atoms with Gasteiger partial charge in [-0.3, -0.25) is 0 Å². The van der Waals surface area contributed by atoms with E-state index in [4.69, 9.17) is 18.9 Å². The highest BCUT2D eigenvalue weighted by Crippen LogP contribution is 2.37. The Labute approximate surface area is 279 Å². The molecule has 0 aliphatic carbocycles. The lowest BCUT2D eigenvalue weighted by Crippen LogP contribution is -2.29. The number of benzene rings is 6. The molecule has 0 atom stereocenters. The van der Waals surface area contributed by atoms with Gasteiger partial charge in [0.15, 0.2) is 0 Å². The summed E-state index contributed by atoms with van der Waals surface area (Å²) in [6.45, 7) is 0. The third-order valence-corrected chi connectivity index (χ3v) is 8.70. The highest BCUT2D eigenvalue weighted by Gasteiger charge is 2.12. The summed E-state index contributed by atoms with van der Waals surface area (Å²) in [5, 5.41) is 21.8. The number of rotatable bonds is 2. The molecule has 2 heterocycles. The first-order valence-electron chi connectivity index (χ1n) is 13.7. The highest BCUT2D eigenvalue weighted by molar-refractivity contribution is 9.11. The molecule has 44 heavy (non-hydrogen) atoms. The molecule has 0 aliphatic heterocycles. The van der Waals surface area contributed by atoms with Crippen molar-refractivity contribution in [2.45, 2.75) is 0 Å². The van der Waals surface area contributed by atoms with Crippen LogP contribution in [0.1, 0.15) is 0 Å². The van der Waals surface area contributed by atoms with Crippen molar-refractivity contribution in [3.8, 4) is 11.1 Å². The summed E-state index contributed by atoms with van der Waals surface area (Å²) in [6.07, 6.45) is 0. The number of hydrogen-bond donors (Lipinski definition) is 2. The van der Waals surface area contributed by atoms with Crippen LogP contribution in [-0.2, 0) is 0 Å². The molecular weight excluding hydrogens is 747 g/mol. The molecule has 2 aromatic heterocycles. The van der Waals surface area contributed by atoms with Crippen LogP contribution in [0, 0.1) is 0 Å². The van der Waals surface area contributed by atoms with Gasteiger partial charge in [-0.2, -0.15) is 0 Å². The molecule has 0 saturated carbocycles. The maximum atomic E-state index is 8.58. The van der Waals surface area contributed by atoms with Crippen LogP contribution < -0.4 is 5.46 Å². The second-order valence-electron chi connectivity index (χ2n) is 9.93. The number of fused-ring (bicyclic) bond motifs is 6. The van der Waals surface area contributed by atoms with E-state index >= 15 is 0 Å². The Kier molecular flexibility index (Phi) is 9.35. The minimum atomic E-state index is -1.34. The van der Waals surface area contributed by atoms with Crippen molar-refractivity contribution >= 4 is 104 Å². The maximum Gasteiger partial charge on any atom is 0.488 e. The average Bonchev–Trinajstić information content (AvgIpc) is 3.60. The van der Waals surface area contributed by atoms with E-state index in [9.17, 15) is 0 Å². The van der Waals surface area contributed by atoms with Gasteiger partial charge in [-0.05, 0) is 71.2 Å². The van der Waals surface area contributed by atoms with Gasteiger partial charge in [0.1, 0.15) is 22.3 Å². The van der Waals surface area contributed by atoms with Crippen molar-refractivity contribution in [3.05, 3.63) is 147 Å². The molecule has 0 amide bonds. The highest BCUT2D eigenvalue weighted by atomic mass is 79.9. The van der Waals surface area contributed by atoms with Gasteiger partial charge in [-0.25, -0.2) is 0 Å². The zero-order valence-electron chi connectivity index (χ0n) is 23.1. The van der Waals surface area contributed by atoms with E-state index in [-0.39, 0.29) is 0 Å². The fourth-order valence-electron chi connectivity index (χ4n) is 5.04. The summed E-state index contributed by atoms with van der Waals surface area (Å²) in [5.74, 6) is 0. The zero-order valence-corrected chi connectivity index (χ0v) is 27.9. The summed E-state index contributed by atoms with van der Waals surface area (Å²) >= 11 is 10.5. The molecule has 8 heteroatoms. The first-order valence-corrected chi connectivity index (χ1v) is 16.1. The fraction of sp³-hybridized carbons (Fsp3) is 0. The SMILES string of the molecule is Brc1ccc2c(c1)oc1cccc(-c3ccccc3)c12.Brc1ccc2c(c1)oc1cccc(Br)c12.OB(O)c1ccccc1. The Morgan fingerprint density at radius 3 is 1.57 bits per heavy atom. The quantitative estimate of drug-likeness (QED) is 0.172. The van der Waals surface area contributed by atoms with Gasteiger partial charge >= 0.3 is 7.12 Å². The summed E-state index contributed by atoms with van der Waals surface area (Å²) in [6, 6.07) is 43.5. The molecule has 0 aliphatic rings. The Bertz CT molecular complexity index is 2190. The lowest BCUT2D eigenvalue weighted by Gasteiger charge is -2.03. The molecule has 6 aromatic carbocycles. The van der Waals surface area contributed by atoms with Crippen LogP contribution in [0.3, 0.4) is 0 Å². The normalized spacial score (nSPS) is 10.8. The smallest absolute Gasteiger partial charge is 0.456 e. The van der Waals surface area contributed by atoms with Gasteiger partial charge in [0.2, 0.25) is 0 Å².